The first kappa shape index (κ1) is 21.4. The number of ether oxygens (including phenoxy) is 1. The molecule has 6 nitrogen and oxygen atoms in total. The third-order valence-corrected chi connectivity index (χ3v) is 6.13. The van der Waals surface area contributed by atoms with E-state index in [1.807, 2.05) is 37.3 Å². The predicted octanol–water partition coefficient (Wildman–Crippen LogP) is 4.30. The molecule has 0 saturated heterocycles. The maximum atomic E-state index is 12.6. The summed E-state index contributed by atoms with van der Waals surface area (Å²) in [5.41, 5.74) is 2.53. The summed E-state index contributed by atoms with van der Waals surface area (Å²) in [5, 5.41) is 2.95. The first-order valence-electron chi connectivity index (χ1n) is 9.43. The molecule has 0 radical (unpaired) electrons. The molecule has 30 heavy (non-hydrogen) atoms. The molecular formula is C23H24N2O4S. The summed E-state index contributed by atoms with van der Waals surface area (Å²) in [6.07, 6.45) is 0. The Labute approximate surface area is 177 Å². The van der Waals surface area contributed by atoms with Crippen LogP contribution in [0.25, 0.3) is 0 Å². The molecule has 1 amide bonds. The van der Waals surface area contributed by atoms with Crippen LogP contribution in [-0.4, -0.2) is 21.4 Å². The van der Waals surface area contributed by atoms with Crippen LogP contribution in [0.1, 0.15) is 34.5 Å². The van der Waals surface area contributed by atoms with Crippen molar-refractivity contribution in [3.05, 3.63) is 89.5 Å². The smallest absolute Gasteiger partial charge is 0.261 e. The molecule has 0 saturated carbocycles. The monoisotopic (exact) mass is 424 g/mol. The van der Waals surface area contributed by atoms with Gasteiger partial charge in [0.25, 0.3) is 15.9 Å². The van der Waals surface area contributed by atoms with Gasteiger partial charge in [0.1, 0.15) is 5.75 Å². The van der Waals surface area contributed by atoms with Crippen molar-refractivity contribution in [2.75, 3.05) is 11.8 Å². The number of amides is 1. The number of sulfonamides is 1. The highest BCUT2D eigenvalue weighted by Gasteiger charge is 2.17. The number of aryl methyl sites for hydroxylation is 1. The standard InChI is InChI=1S/C23H24N2O4S/c1-16-15-19(23(26)24-17(2)18-7-5-4-6-8-18)9-14-22(16)25-30(27,28)21-12-10-20(29-3)11-13-21/h4-15,17,25H,1-3H3,(H,24,26)/t17-/m0/s1. The Hall–Kier alpha value is -3.32. The summed E-state index contributed by atoms with van der Waals surface area (Å²) in [4.78, 5) is 12.7. The first-order chi connectivity index (χ1) is 14.3. The van der Waals surface area contributed by atoms with Crippen molar-refractivity contribution in [3.63, 3.8) is 0 Å². The van der Waals surface area contributed by atoms with Gasteiger partial charge < -0.3 is 10.1 Å². The molecule has 0 bridgehead atoms. The largest absolute Gasteiger partial charge is 0.497 e. The van der Waals surface area contributed by atoms with Crippen LogP contribution in [-0.2, 0) is 10.0 Å². The lowest BCUT2D eigenvalue weighted by atomic mass is 10.1. The number of methoxy groups -OCH3 is 1. The number of benzene rings is 3. The Morgan fingerprint density at radius 3 is 2.23 bits per heavy atom. The van der Waals surface area contributed by atoms with Crippen LogP contribution >= 0.6 is 0 Å². The molecule has 0 unspecified atom stereocenters. The SMILES string of the molecule is COc1ccc(S(=O)(=O)Nc2ccc(C(=O)N[C@@H](C)c3ccccc3)cc2C)cc1. The maximum Gasteiger partial charge on any atom is 0.261 e. The molecule has 1 atom stereocenters. The number of anilines is 1. The molecule has 2 N–H and O–H groups in total. The van der Waals surface area contributed by atoms with Gasteiger partial charge in [-0.1, -0.05) is 30.3 Å². The number of nitrogens with one attached hydrogen (secondary N) is 2. The highest BCUT2D eigenvalue weighted by Crippen LogP contribution is 2.23. The minimum atomic E-state index is -3.76. The molecule has 0 fully saturated rings. The van der Waals surface area contributed by atoms with Gasteiger partial charge in [-0.25, -0.2) is 8.42 Å². The lowest BCUT2D eigenvalue weighted by Crippen LogP contribution is -2.26. The van der Waals surface area contributed by atoms with Gasteiger partial charge in [0.2, 0.25) is 0 Å². The number of hydrogen-bond acceptors (Lipinski definition) is 4. The van der Waals surface area contributed by atoms with Crippen molar-refractivity contribution in [2.24, 2.45) is 0 Å². The van der Waals surface area contributed by atoms with Crippen LogP contribution in [0.5, 0.6) is 5.75 Å². The van der Waals surface area contributed by atoms with Crippen molar-refractivity contribution < 1.29 is 17.9 Å². The molecule has 3 rings (SSSR count). The molecular weight excluding hydrogens is 400 g/mol. The Morgan fingerprint density at radius 1 is 0.967 bits per heavy atom. The summed E-state index contributed by atoms with van der Waals surface area (Å²) < 4.78 is 32.9. The average molecular weight is 425 g/mol. The fraction of sp³-hybridized carbons (Fsp3) is 0.174. The molecule has 7 heteroatoms. The molecule has 0 aliphatic rings. The van der Waals surface area contributed by atoms with Gasteiger partial charge in [-0.2, -0.15) is 0 Å². The van der Waals surface area contributed by atoms with E-state index in [4.69, 9.17) is 4.74 Å². The van der Waals surface area contributed by atoms with E-state index in [2.05, 4.69) is 10.0 Å². The number of rotatable bonds is 7. The van der Waals surface area contributed by atoms with Gasteiger partial charge >= 0.3 is 0 Å². The van der Waals surface area contributed by atoms with Crippen LogP contribution in [0, 0.1) is 6.92 Å². The molecule has 0 aliphatic carbocycles. The third kappa shape index (κ3) is 4.99. The number of hydrogen-bond donors (Lipinski definition) is 2. The summed E-state index contributed by atoms with van der Waals surface area (Å²) >= 11 is 0. The van der Waals surface area contributed by atoms with Crippen LogP contribution in [0.15, 0.2) is 77.7 Å². The summed E-state index contributed by atoms with van der Waals surface area (Å²) in [6, 6.07) is 20.5. The Morgan fingerprint density at radius 2 is 1.63 bits per heavy atom. The molecule has 0 aliphatic heterocycles. The maximum absolute atomic E-state index is 12.6. The lowest BCUT2D eigenvalue weighted by molar-refractivity contribution is 0.0940. The Kier molecular flexibility index (Phi) is 6.42. The van der Waals surface area contributed by atoms with Crippen LogP contribution < -0.4 is 14.8 Å². The van der Waals surface area contributed by atoms with Gasteiger partial charge in [0.05, 0.1) is 23.7 Å². The van der Waals surface area contributed by atoms with Crippen molar-refractivity contribution in [1.82, 2.24) is 5.32 Å². The second-order valence-electron chi connectivity index (χ2n) is 6.92. The normalized spacial score (nSPS) is 12.1. The fourth-order valence-corrected chi connectivity index (χ4v) is 4.11. The molecule has 156 valence electrons. The van der Waals surface area contributed by atoms with E-state index < -0.39 is 10.0 Å². The number of carbonyl (C=O) groups excluding carboxylic acids is 1. The minimum Gasteiger partial charge on any atom is -0.497 e. The highest BCUT2D eigenvalue weighted by atomic mass is 32.2. The lowest BCUT2D eigenvalue weighted by Gasteiger charge is -2.16. The fourth-order valence-electron chi connectivity index (χ4n) is 2.98. The zero-order valence-corrected chi connectivity index (χ0v) is 17.9. The van der Waals surface area contributed by atoms with E-state index in [0.29, 0.717) is 22.6 Å². The predicted molar refractivity (Wildman–Crippen MR) is 117 cm³/mol. The zero-order chi connectivity index (χ0) is 21.7. The van der Waals surface area contributed by atoms with E-state index in [1.54, 1.807) is 37.3 Å². The van der Waals surface area contributed by atoms with Crippen LogP contribution in [0.4, 0.5) is 5.69 Å². The van der Waals surface area contributed by atoms with Crippen molar-refractivity contribution in [3.8, 4) is 5.75 Å². The van der Waals surface area contributed by atoms with Crippen molar-refractivity contribution in [2.45, 2.75) is 24.8 Å². The molecule has 0 heterocycles. The van der Waals surface area contributed by atoms with Gasteiger partial charge in [-0.3, -0.25) is 9.52 Å². The summed E-state index contributed by atoms with van der Waals surface area (Å²) in [6.45, 7) is 3.67. The second kappa shape index (κ2) is 9.00. The highest BCUT2D eigenvalue weighted by molar-refractivity contribution is 7.92. The van der Waals surface area contributed by atoms with Crippen molar-refractivity contribution in [1.29, 1.82) is 0 Å². The molecule has 0 spiro atoms. The quantitative estimate of drug-likeness (QED) is 0.592. The molecule has 0 aromatic heterocycles. The van der Waals surface area contributed by atoms with E-state index in [9.17, 15) is 13.2 Å². The summed E-state index contributed by atoms with van der Waals surface area (Å²) in [5.74, 6) is 0.351. The Bertz CT molecular complexity index is 1130. The van der Waals surface area contributed by atoms with E-state index in [0.717, 1.165) is 5.56 Å². The van der Waals surface area contributed by atoms with Crippen LogP contribution in [0.2, 0.25) is 0 Å². The number of carbonyl (C=O) groups is 1. The van der Waals surface area contributed by atoms with Gasteiger partial charge in [0.15, 0.2) is 0 Å². The minimum absolute atomic E-state index is 0.126. The van der Waals surface area contributed by atoms with E-state index >= 15 is 0 Å². The average Bonchev–Trinajstić information content (AvgIpc) is 2.75. The topological polar surface area (TPSA) is 84.5 Å². The van der Waals surface area contributed by atoms with Gasteiger partial charge in [-0.15, -0.1) is 0 Å². The Balaban J connectivity index is 1.73. The van der Waals surface area contributed by atoms with Crippen LogP contribution in [0.3, 0.4) is 0 Å². The zero-order valence-electron chi connectivity index (χ0n) is 17.0. The molecule has 3 aromatic rings. The molecule has 3 aromatic carbocycles. The first-order valence-corrected chi connectivity index (χ1v) is 10.9. The van der Waals surface area contributed by atoms with Gasteiger partial charge in [0, 0.05) is 5.56 Å². The summed E-state index contributed by atoms with van der Waals surface area (Å²) in [7, 11) is -2.24. The van der Waals surface area contributed by atoms with E-state index in [-0.39, 0.29) is 16.8 Å². The second-order valence-corrected chi connectivity index (χ2v) is 8.60. The third-order valence-electron chi connectivity index (χ3n) is 4.75. The van der Waals surface area contributed by atoms with Crippen molar-refractivity contribution >= 4 is 21.6 Å². The van der Waals surface area contributed by atoms with E-state index in [1.165, 1.54) is 19.2 Å². The van der Waals surface area contributed by atoms with Gasteiger partial charge in [-0.05, 0) is 67.4 Å².